The van der Waals surface area contributed by atoms with Crippen molar-refractivity contribution in [3.63, 3.8) is 0 Å². The van der Waals surface area contributed by atoms with Gasteiger partial charge in [0.15, 0.2) is 10.6 Å². The molecule has 1 aromatic heterocycles. The summed E-state index contributed by atoms with van der Waals surface area (Å²) in [5.74, 6) is 1.27. The number of aromatic amines is 1. The van der Waals surface area contributed by atoms with Crippen LogP contribution in [0.25, 0.3) is 11.4 Å². The van der Waals surface area contributed by atoms with Crippen LogP contribution >= 0.6 is 23.8 Å². The monoisotopic (exact) mass is 402 g/mol. The molecule has 0 saturated carbocycles. The van der Waals surface area contributed by atoms with Gasteiger partial charge in [0.05, 0.1) is 7.11 Å². The van der Waals surface area contributed by atoms with E-state index in [1.165, 1.54) is 0 Å². The molecule has 0 aliphatic rings. The maximum atomic E-state index is 12.4. The number of hydrogen-bond donors (Lipinski definition) is 2. The van der Waals surface area contributed by atoms with E-state index in [4.69, 9.17) is 28.6 Å². The average molecular weight is 403 g/mol. The van der Waals surface area contributed by atoms with Crippen LogP contribution in [0.15, 0.2) is 48.5 Å². The fourth-order valence-electron chi connectivity index (χ4n) is 2.73. The molecule has 1 amide bonds. The molecule has 0 aliphatic heterocycles. The normalized spacial score (nSPS) is 10.6. The number of methoxy groups -OCH3 is 1. The summed E-state index contributed by atoms with van der Waals surface area (Å²) in [6.07, 6.45) is 0.677. The zero-order chi connectivity index (χ0) is 19.2. The minimum atomic E-state index is -0.141. The minimum Gasteiger partial charge on any atom is -0.496 e. The second kappa shape index (κ2) is 8.83. The van der Waals surface area contributed by atoms with E-state index in [2.05, 4.69) is 15.5 Å². The number of hydrogen-bond acceptors (Lipinski definition) is 4. The van der Waals surface area contributed by atoms with Crippen LogP contribution in [0.1, 0.15) is 5.56 Å². The summed E-state index contributed by atoms with van der Waals surface area (Å²) in [6.45, 7) is 0.583. The molecular weight excluding hydrogens is 384 g/mol. The van der Waals surface area contributed by atoms with Crippen molar-refractivity contribution in [3.05, 3.63) is 63.9 Å². The lowest BCUT2D eigenvalue weighted by molar-refractivity contribution is -0.121. The molecule has 1 heterocycles. The lowest BCUT2D eigenvalue weighted by Crippen LogP contribution is -2.29. The summed E-state index contributed by atoms with van der Waals surface area (Å²) in [5.41, 5.74) is 1.87. The number of nitrogens with one attached hydrogen (secondary N) is 2. The fourth-order valence-corrected chi connectivity index (χ4v) is 3.05. The average Bonchev–Trinajstić information content (AvgIpc) is 3.03. The molecule has 2 N–H and O–H groups in total. The van der Waals surface area contributed by atoms with Crippen LogP contribution in [0.2, 0.25) is 5.02 Å². The molecule has 0 saturated heterocycles. The Balaban J connectivity index is 1.64. The molecule has 27 heavy (non-hydrogen) atoms. The number of carbonyl (C=O) groups excluding carboxylic acids is 1. The van der Waals surface area contributed by atoms with Gasteiger partial charge in [0, 0.05) is 17.1 Å². The third kappa shape index (κ3) is 4.75. The first kappa shape index (κ1) is 19.1. The van der Waals surface area contributed by atoms with Crippen LogP contribution in [-0.2, 0) is 17.8 Å². The summed E-state index contributed by atoms with van der Waals surface area (Å²) >= 11 is 11.2. The lowest BCUT2D eigenvalue weighted by Gasteiger charge is -2.10. The molecule has 0 aliphatic carbocycles. The van der Waals surface area contributed by atoms with E-state index in [-0.39, 0.29) is 12.5 Å². The number of para-hydroxylation sites is 1. The van der Waals surface area contributed by atoms with E-state index in [1.807, 2.05) is 36.4 Å². The van der Waals surface area contributed by atoms with E-state index < -0.39 is 0 Å². The number of aromatic nitrogens is 3. The number of H-pyrrole nitrogens is 1. The van der Waals surface area contributed by atoms with Crippen LogP contribution in [0, 0.1) is 4.77 Å². The van der Waals surface area contributed by atoms with Crippen LogP contribution in [0.3, 0.4) is 0 Å². The Labute approximate surface area is 167 Å². The van der Waals surface area contributed by atoms with E-state index in [0.29, 0.717) is 28.6 Å². The maximum absolute atomic E-state index is 12.4. The number of ether oxygens (including phenoxy) is 1. The number of carbonyl (C=O) groups is 1. The van der Waals surface area contributed by atoms with Gasteiger partial charge in [-0.05, 0) is 54.5 Å². The predicted molar refractivity (Wildman–Crippen MR) is 108 cm³/mol. The number of nitrogens with zero attached hydrogens (tertiary/aromatic N) is 2. The summed E-state index contributed by atoms with van der Waals surface area (Å²) in [6, 6.07) is 15.0. The van der Waals surface area contributed by atoms with Crippen molar-refractivity contribution in [3.8, 4) is 17.1 Å². The van der Waals surface area contributed by atoms with Gasteiger partial charge >= 0.3 is 0 Å². The first-order valence-corrected chi connectivity index (χ1v) is 9.17. The number of amides is 1. The van der Waals surface area contributed by atoms with Gasteiger partial charge in [-0.15, -0.1) is 0 Å². The molecule has 6 nitrogen and oxygen atoms in total. The van der Waals surface area contributed by atoms with E-state index in [0.717, 1.165) is 16.9 Å². The quantitative estimate of drug-likeness (QED) is 0.592. The van der Waals surface area contributed by atoms with E-state index >= 15 is 0 Å². The smallest absolute Gasteiger partial charge is 0.240 e. The highest BCUT2D eigenvalue weighted by atomic mass is 35.5. The first-order chi connectivity index (χ1) is 13.1. The van der Waals surface area contributed by atoms with Crippen molar-refractivity contribution in [2.75, 3.05) is 13.7 Å². The molecular formula is C19H19ClN4O2S. The standard InChI is InChI=1S/C19H19ClN4O2S/c1-26-16-5-3-2-4-13(16)10-11-21-17(25)12-24-18(22-23-19(24)27)14-6-8-15(20)9-7-14/h2-9H,10-12H2,1H3,(H,21,25)(H,23,27). The zero-order valence-corrected chi connectivity index (χ0v) is 16.3. The number of benzene rings is 2. The highest BCUT2D eigenvalue weighted by Gasteiger charge is 2.12. The summed E-state index contributed by atoms with van der Waals surface area (Å²) < 4.78 is 7.38. The van der Waals surface area contributed by atoms with Gasteiger partial charge in [-0.3, -0.25) is 14.5 Å². The van der Waals surface area contributed by atoms with Gasteiger partial charge in [0.1, 0.15) is 12.3 Å². The van der Waals surface area contributed by atoms with Crippen molar-refractivity contribution in [1.82, 2.24) is 20.1 Å². The first-order valence-electron chi connectivity index (χ1n) is 8.38. The summed E-state index contributed by atoms with van der Waals surface area (Å²) in [4.78, 5) is 12.4. The third-order valence-corrected chi connectivity index (χ3v) is 4.64. The molecule has 140 valence electrons. The van der Waals surface area contributed by atoms with Crippen molar-refractivity contribution in [2.45, 2.75) is 13.0 Å². The summed E-state index contributed by atoms with van der Waals surface area (Å²) in [5, 5.41) is 10.5. The maximum Gasteiger partial charge on any atom is 0.240 e. The Morgan fingerprint density at radius 1 is 1.26 bits per heavy atom. The molecule has 0 unspecified atom stereocenters. The largest absolute Gasteiger partial charge is 0.496 e. The second-order valence-electron chi connectivity index (χ2n) is 5.86. The van der Waals surface area contributed by atoms with Gasteiger partial charge in [0.25, 0.3) is 0 Å². The van der Waals surface area contributed by atoms with Crippen molar-refractivity contribution < 1.29 is 9.53 Å². The highest BCUT2D eigenvalue weighted by molar-refractivity contribution is 7.71. The minimum absolute atomic E-state index is 0.0826. The molecule has 3 aromatic rings. The fraction of sp³-hybridized carbons (Fsp3) is 0.211. The Morgan fingerprint density at radius 3 is 2.74 bits per heavy atom. The Morgan fingerprint density at radius 2 is 2.00 bits per heavy atom. The van der Waals surface area contributed by atoms with Crippen LogP contribution in [-0.4, -0.2) is 34.3 Å². The van der Waals surface area contributed by atoms with Gasteiger partial charge in [0.2, 0.25) is 5.91 Å². The second-order valence-corrected chi connectivity index (χ2v) is 6.68. The molecule has 0 fully saturated rings. The molecule has 0 atom stereocenters. The van der Waals surface area contributed by atoms with Crippen molar-refractivity contribution in [1.29, 1.82) is 0 Å². The molecule has 0 bridgehead atoms. The molecule has 8 heteroatoms. The van der Waals surface area contributed by atoms with Crippen LogP contribution < -0.4 is 10.1 Å². The topological polar surface area (TPSA) is 71.9 Å². The zero-order valence-electron chi connectivity index (χ0n) is 14.7. The van der Waals surface area contributed by atoms with Crippen molar-refractivity contribution in [2.24, 2.45) is 0 Å². The van der Waals surface area contributed by atoms with Gasteiger partial charge in [-0.1, -0.05) is 29.8 Å². The van der Waals surface area contributed by atoms with Crippen LogP contribution in [0.4, 0.5) is 0 Å². The van der Waals surface area contributed by atoms with E-state index in [9.17, 15) is 4.79 Å². The molecule has 3 rings (SSSR count). The highest BCUT2D eigenvalue weighted by Crippen LogP contribution is 2.20. The molecule has 0 radical (unpaired) electrons. The molecule has 0 spiro atoms. The Hall–Kier alpha value is -2.64. The molecule has 2 aromatic carbocycles. The predicted octanol–water partition coefficient (Wildman–Crippen LogP) is 3.63. The van der Waals surface area contributed by atoms with Crippen molar-refractivity contribution >= 4 is 29.7 Å². The lowest BCUT2D eigenvalue weighted by atomic mass is 10.1. The van der Waals surface area contributed by atoms with Gasteiger partial charge in [-0.25, -0.2) is 0 Å². The SMILES string of the molecule is COc1ccccc1CCNC(=O)Cn1c(-c2ccc(Cl)cc2)n[nH]c1=S. The van der Waals surface area contributed by atoms with Crippen LogP contribution in [0.5, 0.6) is 5.75 Å². The van der Waals surface area contributed by atoms with Gasteiger partial charge < -0.3 is 10.1 Å². The van der Waals surface area contributed by atoms with E-state index in [1.54, 1.807) is 23.8 Å². The Bertz CT molecular complexity index is 982. The number of halogens is 1. The third-order valence-electron chi connectivity index (χ3n) is 4.07. The summed E-state index contributed by atoms with van der Waals surface area (Å²) in [7, 11) is 1.64. The van der Waals surface area contributed by atoms with Gasteiger partial charge in [-0.2, -0.15) is 5.10 Å². The number of rotatable bonds is 7. The Kier molecular flexibility index (Phi) is 6.26.